The van der Waals surface area contributed by atoms with Crippen LogP contribution in [0.3, 0.4) is 0 Å². The zero-order valence-electron chi connectivity index (χ0n) is 14.4. The molecule has 0 amide bonds. The van der Waals surface area contributed by atoms with Crippen LogP contribution in [0.1, 0.15) is 84.5 Å². The second-order valence-corrected chi connectivity index (χ2v) is 8.61. The Morgan fingerprint density at radius 3 is 2.52 bits per heavy atom. The van der Waals surface area contributed by atoms with Gasteiger partial charge in [0.15, 0.2) is 0 Å². The molecule has 5 unspecified atom stereocenters. The highest BCUT2D eigenvalue weighted by Gasteiger charge is 2.37. The maximum Gasteiger partial charge on any atom is 0.00683 e. The fourth-order valence-corrected chi connectivity index (χ4v) is 5.34. The summed E-state index contributed by atoms with van der Waals surface area (Å²) < 4.78 is 0. The predicted molar refractivity (Wildman–Crippen MR) is 91.4 cm³/mol. The first kappa shape index (κ1) is 15.8. The van der Waals surface area contributed by atoms with Crippen molar-refractivity contribution < 1.29 is 0 Å². The average molecular weight is 292 g/mol. The lowest BCUT2D eigenvalue weighted by Gasteiger charge is -2.43. The van der Waals surface area contributed by atoms with Crippen molar-refractivity contribution in [1.82, 2.24) is 5.32 Å². The number of hydrogen-bond acceptors (Lipinski definition) is 1. The van der Waals surface area contributed by atoms with Crippen LogP contribution in [0.5, 0.6) is 0 Å². The third-order valence-corrected chi connectivity index (χ3v) is 6.68. The number of hydrogen-bond donors (Lipinski definition) is 1. The lowest BCUT2D eigenvalue weighted by atomic mass is 9.63. The van der Waals surface area contributed by atoms with Crippen LogP contribution in [0.2, 0.25) is 0 Å². The van der Waals surface area contributed by atoms with Crippen molar-refractivity contribution >= 4 is 0 Å². The standard InChI is InChI=1S/C20H37N/c1-3-5-16-8-9-18(14-21-19-10-11-19)20(13-16)17-7-4-6-15(2)12-17/h15-21H,3-14H2,1-2H3. The Morgan fingerprint density at radius 2 is 1.81 bits per heavy atom. The second kappa shape index (κ2) is 7.49. The molecule has 3 aliphatic carbocycles. The van der Waals surface area contributed by atoms with E-state index in [1.165, 1.54) is 70.8 Å². The summed E-state index contributed by atoms with van der Waals surface area (Å²) in [4.78, 5) is 0. The van der Waals surface area contributed by atoms with E-state index in [2.05, 4.69) is 19.2 Å². The van der Waals surface area contributed by atoms with Gasteiger partial charge in [-0.25, -0.2) is 0 Å². The van der Waals surface area contributed by atoms with E-state index >= 15 is 0 Å². The molecule has 0 aromatic heterocycles. The minimum Gasteiger partial charge on any atom is -0.314 e. The molecule has 1 nitrogen and oxygen atoms in total. The van der Waals surface area contributed by atoms with Crippen molar-refractivity contribution in [2.45, 2.75) is 90.5 Å². The molecule has 5 atom stereocenters. The molecule has 0 aromatic carbocycles. The molecule has 122 valence electrons. The van der Waals surface area contributed by atoms with Crippen LogP contribution in [0.4, 0.5) is 0 Å². The largest absolute Gasteiger partial charge is 0.314 e. The molecule has 21 heavy (non-hydrogen) atoms. The molecule has 1 heteroatoms. The SMILES string of the molecule is CCCC1CCC(CNC2CC2)C(C2CCCC(C)C2)C1. The van der Waals surface area contributed by atoms with E-state index in [4.69, 9.17) is 0 Å². The minimum absolute atomic E-state index is 0.893. The van der Waals surface area contributed by atoms with E-state index < -0.39 is 0 Å². The van der Waals surface area contributed by atoms with Crippen molar-refractivity contribution in [3.8, 4) is 0 Å². The molecule has 3 fully saturated rings. The Labute approximate surface area is 132 Å². The molecule has 0 aromatic rings. The monoisotopic (exact) mass is 291 g/mol. The first-order valence-corrected chi connectivity index (χ1v) is 9.99. The summed E-state index contributed by atoms with van der Waals surface area (Å²) in [5, 5.41) is 3.85. The van der Waals surface area contributed by atoms with Gasteiger partial charge in [0.1, 0.15) is 0 Å². The summed E-state index contributed by atoms with van der Waals surface area (Å²) in [5.74, 6) is 5.14. The van der Waals surface area contributed by atoms with Crippen molar-refractivity contribution in [2.75, 3.05) is 6.54 Å². The van der Waals surface area contributed by atoms with Crippen LogP contribution in [0, 0.1) is 29.6 Å². The first-order valence-electron chi connectivity index (χ1n) is 9.99. The Morgan fingerprint density at radius 1 is 0.952 bits per heavy atom. The van der Waals surface area contributed by atoms with Crippen molar-refractivity contribution in [3.63, 3.8) is 0 Å². The van der Waals surface area contributed by atoms with Crippen LogP contribution in [0.15, 0.2) is 0 Å². The van der Waals surface area contributed by atoms with Gasteiger partial charge in [-0.1, -0.05) is 52.4 Å². The van der Waals surface area contributed by atoms with Crippen LogP contribution in [-0.2, 0) is 0 Å². The zero-order valence-corrected chi connectivity index (χ0v) is 14.4. The van der Waals surface area contributed by atoms with Crippen LogP contribution in [0.25, 0.3) is 0 Å². The molecule has 0 aliphatic heterocycles. The van der Waals surface area contributed by atoms with Gasteiger partial charge in [-0.05, 0) is 68.2 Å². The van der Waals surface area contributed by atoms with Gasteiger partial charge < -0.3 is 5.32 Å². The third kappa shape index (κ3) is 4.47. The molecule has 3 saturated carbocycles. The highest BCUT2D eigenvalue weighted by molar-refractivity contribution is 4.90. The molecule has 0 heterocycles. The summed E-state index contributed by atoms with van der Waals surface area (Å²) in [6.45, 7) is 6.20. The molecule has 3 aliphatic rings. The third-order valence-electron chi connectivity index (χ3n) is 6.68. The second-order valence-electron chi connectivity index (χ2n) is 8.61. The summed E-state index contributed by atoms with van der Waals surface area (Å²) in [5.41, 5.74) is 0. The van der Waals surface area contributed by atoms with Crippen molar-refractivity contribution in [2.24, 2.45) is 29.6 Å². The van der Waals surface area contributed by atoms with E-state index in [0.717, 1.165) is 35.6 Å². The Balaban J connectivity index is 1.59. The maximum atomic E-state index is 3.85. The highest BCUT2D eigenvalue weighted by atomic mass is 14.9. The fraction of sp³-hybridized carbons (Fsp3) is 1.00. The highest BCUT2D eigenvalue weighted by Crippen LogP contribution is 2.45. The first-order chi connectivity index (χ1) is 10.3. The van der Waals surface area contributed by atoms with Gasteiger partial charge in [0, 0.05) is 6.04 Å². The smallest absolute Gasteiger partial charge is 0.00683 e. The van der Waals surface area contributed by atoms with Crippen molar-refractivity contribution in [3.05, 3.63) is 0 Å². The minimum atomic E-state index is 0.893. The zero-order chi connectivity index (χ0) is 14.7. The summed E-state index contributed by atoms with van der Waals surface area (Å²) in [7, 11) is 0. The predicted octanol–water partition coefficient (Wildman–Crippen LogP) is 5.40. The maximum absolute atomic E-state index is 3.85. The quantitative estimate of drug-likeness (QED) is 0.691. The lowest BCUT2D eigenvalue weighted by Crippen LogP contribution is -2.38. The van der Waals surface area contributed by atoms with Gasteiger partial charge in [-0.3, -0.25) is 0 Å². The van der Waals surface area contributed by atoms with Crippen LogP contribution >= 0.6 is 0 Å². The summed E-state index contributed by atoms with van der Waals surface area (Å²) in [6, 6.07) is 0.893. The molecular weight excluding hydrogens is 254 g/mol. The molecule has 0 spiro atoms. The van der Waals surface area contributed by atoms with E-state index in [-0.39, 0.29) is 0 Å². The van der Waals surface area contributed by atoms with E-state index in [0.29, 0.717) is 0 Å². The topological polar surface area (TPSA) is 12.0 Å². The normalized spacial score (nSPS) is 41.1. The molecule has 0 radical (unpaired) electrons. The Hall–Kier alpha value is -0.0400. The van der Waals surface area contributed by atoms with Gasteiger partial charge in [0.25, 0.3) is 0 Å². The van der Waals surface area contributed by atoms with E-state index in [9.17, 15) is 0 Å². The summed E-state index contributed by atoms with van der Waals surface area (Å²) in [6.07, 6.45) is 16.4. The Bertz CT molecular complexity index is 309. The number of nitrogens with one attached hydrogen (secondary N) is 1. The molecule has 1 N–H and O–H groups in total. The van der Waals surface area contributed by atoms with Crippen molar-refractivity contribution in [1.29, 1.82) is 0 Å². The van der Waals surface area contributed by atoms with E-state index in [1.807, 2.05) is 0 Å². The molecule has 3 rings (SSSR count). The van der Waals surface area contributed by atoms with E-state index in [1.54, 1.807) is 6.42 Å². The molecule has 0 bridgehead atoms. The number of rotatable bonds is 6. The van der Waals surface area contributed by atoms with Crippen LogP contribution < -0.4 is 5.32 Å². The van der Waals surface area contributed by atoms with Gasteiger partial charge in [-0.2, -0.15) is 0 Å². The van der Waals surface area contributed by atoms with Gasteiger partial charge in [0.2, 0.25) is 0 Å². The van der Waals surface area contributed by atoms with Gasteiger partial charge >= 0.3 is 0 Å². The van der Waals surface area contributed by atoms with Gasteiger partial charge in [0.05, 0.1) is 0 Å². The lowest BCUT2D eigenvalue weighted by molar-refractivity contribution is 0.0790. The molecular formula is C20H37N. The Kier molecular flexibility index (Phi) is 5.65. The summed E-state index contributed by atoms with van der Waals surface area (Å²) >= 11 is 0. The van der Waals surface area contributed by atoms with Crippen LogP contribution in [-0.4, -0.2) is 12.6 Å². The fourth-order valence-electron chi connectivity index (χ4n) is 5.34. The van der Waals surface area contributed by atoms with Gasteiger partial charge in [-0.15, -0.1) is 0 Å². The average Bonchev–Trinajstić information content (AvgIpc) is 3.30. The molecule has 0 saturated heterocycles.